The van der Waals surface area contributed by atoms with E-state index in [0.29, 0.717) is 40.3 Å². The first-order valence-electron chi connectivity index (χ1n) is 16.0. The highest BCUT2D eigenvalue weighted by molar-refractivity contribution is 6.39. The fraction of sp³-hybridized carbons (Fsp3) is 0.342. The van der Waals surface area contributed by atoms with Gasteiger partial charge in [0.25, 0.3) is 11.8 Å². The molecule has 0 radical (unpaired) electrons. The predicted octanol–water partition coefficient (Wildman–Crippen LogP) is 7.28. The van der Waals surface area contributed by atoms with Crippen LogP contribution in [0.5, 0.6) is 11.5 Å². The average molecular weight is 621 g/mol. The van der Waals surface area contributed by atoms with Crippen LogP contribution >= 0.6 is 0 Å². The number of nitrogens with zero attached hydrogens (tertiary/aromatic N) is 1. The van der Waals surface area contributed by atoms with Crippen molar-refractivity contribution < 1.29 is 28.2 Å². The second-order valence-electron chi connectivity index (χ2n) is 13.3. The molecule has 5 fully saturated rings. The Morgan fingerprint density at radius 1 is 0.978 bits per heavy atom. The van der Waals surface area contributed by atoms with Crippen molar-refractivity contribution >= 4 is 29.6 Å². The largest absolute Gasteiger partial charge is 0.493 e. The first-order valence-corrected chi connectivity index (χ1v) is 16.0. The zero-order chi connectivity index (χ0) is 32.0. The lowest BCUT2D eigenvalue weighted by Gasteiger charge is -2.57. The molecule has 1 saturated heterocycles. The van der Waals surface area contributed by atoms with Crippen molar-refractivity contribution in [2.45, 2.75) is 57.0 Å². The summed E-state index contributed by atoms with van der Waals surface area (Å²) in [6, 6.07) is 16.6. The number of methoxy groups -OCH3 is 1. The quantitative estimate of drug-likeness (QED) is 0.154. The Labute approximate surface area is 268 Å². The molecule has 7 nitrogen and oxygen atoms in total. The molecular formula is C38H37FN2O5. The molecule has 4 aliphatic carbocycles. The maximum absolute atomic E-state index is 13.8. The van der Waals surface area contributed by atoms with Gasteiger partial charge in [-0.2, -0.15) is 0 Å². The van der Waals surface area contributed by atoms with E-state index in [1.54, 1.807) is 30.3 Å². The van der Waals surface area contributed by atoms with E-state index in [9.17, 15) is 18.8 Å². The Morgan fingerprint density at radius 2 is 1.67 bits per heavy atom. The van der Waals surface area contributed by atoms with Gasteiger partial charge in [0.1, 0.15) is 18.0 Å². The third-order valence-corrected chi connectivity index (χ3v) is 10.2. The molecular weight excluding hydrogens is 583 g/mol. The minimum Gasteiger partial charge on any atom is -0.493 e. The summed E-state index contributed by atoms with van der Waals surface area (Å²) in [4.78, 5) is 40.7. The number of anilines is 1. The average Bonchev–Trinajstić information content (AvgIpc) is 3.02. The van der Waals surface area contributed by atoms with Gasteiger partial charge in [0.15, 0.2) is 11.5 Å². The zero-order valence-electron chi connectivity index (χ0n) is 25.9. The van der Waals surface area contributed by atoms with Crippen LogP contribution in [0.4, 0.5) is 14.9 Å². The molecule has 0 aromatic heterocycles. The van der Waals surface area contributed by atoms with Gasteiger partial charge >= 0.3 is 6.03 Å². The van der Waals surface area contributed by atoms with Gasteiger partial charge in [-0.15, -0.1) is 6.58 Å². The summed E-state index contributed by atoms with van der Waals surface area (Å²) in [5, 5.41) is 2.33. The number of urea groups is 1. The van der Waals surface area contributed by atoms with Gasteiger partial charge in [0, 0.05) is 5.56 Å². The number of hydrogen-bond acceptors (Lipinski definition) is 5. The summed E-state index contributed by atoms with van der Waals surface area (Å²) in [5.41, 5.74) is 3.58. The van der Waals surface area contributed by atoms with Crippen LogP contribution in [0.2, 0.25) is 0 Å². The van der Waals surface area contributed by atoms with E-state index in [2.05, 4.69) is 24.0 Å². The highest BCUT2D eigenvalue weighted by Gasteiger charge is 2.51. The standard InChI is InChI=1S/C38H37FN2O5/c1-3-5-28-15-24(18-33(45-2)34(28)46-22-23-6-4-7-30(39)16-23)17-32-35(42)40-37(44)41(36(32)43)31-10-8-29(9-11-31)38-19-25-12-26(20-38)14-27(13-25)21-38/h3-4,6-11,15-18,25-27H,1,5,12-14,19-22H2,2H3,(H,40,42,44)/b32-17+. The number of barbiturate groups is 1. The van der Waals surface area contributed by atoms with Gasteiger partial charge < -0.3 is 9.47 Å². The van der Waals surface area contributed by atoms with Crippen LogP contribution in [0, 0.1) is 23.6 Å². The lowest BCUT2D eigenvalue weighted by Crippen LogP contribution is -2.54. The van der Waals surface area contributed by atoms with Crippen LogP contribution < -0.4 is 19.7 Å². The van der Waals surface area contributed by atoms with Crippen LogP contribution in [0.1, 0.15) is 60.8 Å². The molecule has 3 aromatic rings. The smallest absolute Gasteiger partial charge is 0.335 e. The van der Waals surface area contributed by atoms with Crippen molar-refractivity contribution in [2.75, 3.05) is 12.0 Å². The minimum absolute atomic E-state index is 0.109. The summed E-state index contributed by atoms with van der Waals surface area (Å²) >= 11 is 0. The van der Waals surface area contributed by atoms with Crippen molar-refractivity contribution in [1.29, 1.82) is 0 Å². The van der Waals surface area contributed by atoms with Crippen molar-refractivity contribution in [1.82, 2.24) is 5.32 Å². The van der Waals surface area contributed by atoms with Crippen LogP contribution in [-0.4, -0.2) is 25.0 Å². The number of rotatable bonds is 9. The molecule has 1 N–H and O–H groups in total. The molecule has 8 heteroatoms. The SMILES string of the molecule is C=CCc1cc(/C=C2\C(=O)NC(=O)N(c3ccc(C45CC6CC(CC(C6)C4)C5)cc3)C2=O)cc(OC)c1OCc1cccc(F)c1. The Balaban J connectivity index is 1.16. The Kier molecular flexibility index (Phi) is 7.75. The first-order chi connectivity index (χ1) is 22.2. The molecule has 5 aliphatic rings. The number of ether oxygens (including phenoxy) is 2. The maximum atomic E-state index is 13.8. The summed E-state index contributed by atoms with van der Waals surface area (Å²) in [6.45, 7) is 3.95. The molecule has 1 heterocycles. The lowest BCUT2D eigenvalue weighted by molar-refractivity contribution is -0.122. The lowest BCUT2D eigenvalue weighted by atomic mass is 9.48. The first kappa shape index (κ1) is 30.0. The molecule has 4 amide bonds. The predicted molar refractivity (Wildman–Crippen MR) is 173 cm³/mol. The van der Waals surface area contributed by atoms with Gasteiger partial charge in [-0.3, -0.25) is 14.9 Å². The molecule has 4 saturated carbocycles. The van der Waals surface area contributed by atoms with E-state index in [4.69, 9.17) is 9.47 Å². The fourth-order valence-electron chi connectivity index (χ4n) is 8.66. The number of hydrogen-bond donors (Lipinski definition) is 1. The number of allylic oxidation sites excluding steroid dienone is 1. The zero-order valence-corrected chi connectivity index (χ0v) is 25.9. The van der Waals surface area contributed by atoms with Crippen molar-refractivity contribution in [3.63, 3.8) is 0 Å². The minimum atomic E-state index is -0.777. The van der Waals surface area contributed by atoms with Gasteiger partial charge in [0.05, 0.1) is 12.8 Å². The summed E-state index contributed by atoms with van der Waals surface area (Å²) in [5.74, 6) is 1.40. The van der Waals surface area contributed by atoms with Gasteiger partial charge in [0.2, 0.25) is 0 Å². The number of amides is 4. The fourth-order valence-corrected chi connectivity index (χ4v) is 8.66. The maximum Gasteiger partial charge on any atom is 0.335 e. The normalized spacial score (nSPS) is 26.0. The second-order valence-corrected chi connectivity index (χ2v) is 13.3. The van der Waals surface area contributed by atoms with Crippen molar-refractivity contribution in [2.24, 2.45) is 17.8 Å². The molecule has 1 aliphatic heterocycles. The van der Waals surface area contributed by atoms with Crippen LogP contribution in [0.3, 0.4) is 0 Å². The number of carbonyl (C=O) groups is 3. The van der Waals surface area contributed by atoms with E-state index >= 15 is 0 Å². The highest BCUT2D eigenvalue weighted by atomic mass is 19.1. The Hall–Kier alpha value is -4.72. The topological polar surface area (TPSA) is 84.9 Å². The van der Waals surface area contributed by atoms with Crippen LogP contribution in [0.15, 0.2) is 78.9 Å². The molecule has 0 atom stereocenters. The van der Waals surface area contributed by atoms with Crippen molar-refractivity contribution in [3.8, 4) is 11.5 Å². The molecule has 0 spiro atoms. The molecule has 8 rings (SSSR count). The Morgan fingerprint density at radius 3 is 2.30 bits per heavy atom. The van der Waals surface area contributed by atoms with Gasteiger partial charge in [-0.1, -0.05) is 30.3 Å². The molecule has 4 bridgehead atoms. The van der Waals surface area contributed by atoms with E-state index < -0.39 is 17.8 Å². The van der Waals surface area contributed by atoms with E-state index in [-0.39, 0.29) is 23.4 Å². The van der Waals surface area contributed by atoms with Gasteiger partial charge in [-0.05, 0) is 127 Å². The highest BCUT2D eigenvalue weighted by Crippen LogP contribution is 2.60. The number of halogens is 1. The third-order valence-electron chi connectivity index (χ3n) is 10.2. The third kappa shape index (κ3) is 5.50. The van der Waals surface area contributed by atoms with E-state index in [1.165, 1.54) is 69.4 Å². The summed E-state index contributed by atoms with van der Waals surface area (Å²) < 4.78 is 25.4. The number of nitrogens with one attached hydrogen (secondary N) is 1. The summed E-state index contributed by atoms with van der Waals surface area (Å²) in [6.07, 6.45) is 11.3. The van der Waals surface area contributed by atoms with Crippen LogP contribution in [0.25, 0.3) is 6.08 Å². The van der Waals surface area contributed by atoms with E-state index in [0.717, 1.165) is 22.7 Å². The monoisotopic (exact) mass is 620 g/mol. The Bertz CT molecular complexity index is 1730. The summed E-state index contributed by atoms with van der Waals surface area (Å²) in [7, 11) is 1.49. The number of imide groups is 2. The van der Waals surface area contributed by atoms with E-state index in [1.807, 2.05) is 12.1 Å². The number of carbonyl (C=O) groups excluding carboxylic acids is 3. The number of benzene rings is 3. The van der Waals surface area contributed by atoms with Gasteiger partial charge in [-0.25, -0.2) is 14.1 Å². The molecule has 236 valence electrons. The molecule has 0 unspecified atom stereocenters. The van der Waals surface area contributed by atoms with Crippen LogP contribution in [-0.2, 0) is 28.0 Å². The second kappa shape index (κ2) is 11.9. The molecule has 46 heavy (non-hydrogen) atoms. The van der Waals surface area contributed by atoms with Crippen molar-refractivity contribution in [3.05, 3.63) is 107 Å². The molecule has 3 aromatic carbocycles.